The number of hydrogen-bond acceptors (Lipinski definition) is 5. The van der Waals surface area contributed by atoms with Crippen LogP contribution < -0.4 is 19.7 Å². The number of ether oxygens (including phenoxy) is 1. The molecule has 0 radical (unpaired) electrons. The first-order valence-corrected chi connectivity index (χ1v) is 23.5. The van der Waals surface area contributed by atoms with Gasteiger partial charge in [0.15, 0.2) is 13.2 Å². The van der Waals surface area contributed by atoms with Crippen molar-refractivity contribution < 1.29 is 40.4 Å². The maximum Gasteiger partial charge on any atom is 0.273 e. The molecular formula is C45H55N5O2P2S2U. The van der Waals surface area contributed by atoms with Crippen LogP contribution in [0.5, 0.6) is 11.5 Å². The largest absolute Gasteiger partial charge is 0.444 e. The molecule has 0 bridgehead atoms. The minimum absolute atomic E-state index is 0. The Morgan fingerprint density at radius 2 is 1.37 bits per heavy atom. The van der Waals surface area contributed by atoms with Gasteiger partial charge in [-0.1, -0.05) is 87.4 Å². The SMILES string of the molecule is C=[S+]C(=S)C(C)[C@@H](C)c1ccc(O[PH](=NC)N=P(C)(N=C(CNc2ccc(C)cc2)Oc2ccc(CC)cc2)Nc2ccc(C)cc2)cc1.Cc1cc[c-]cc1.[U]. The molecule has 0 aliphatic carbocycles. The molecule has 57 heavy (non-hydrogen) atoms. The van der Waals surface area contributed by atoms with E-state index >= 15 is 0 Å². The van der Waals surface area contributed by atoms with Crippen molar-refractivity contribution in [1.29, 1.82) is 0 Å². The van der Waals surface area contributed by atoms with E-state index in [9.17, 15) is 0 Å². The maximum absolute atomic E-state index is 6.47. The number of hydrogen-bond donors (Lipinski definition) is 2. The van der Waals surface area contributed by atoms with Gasteiger partial charge in [-0.25, -0.2) is 0 Å². The molecular weight excluding hydrogens is 1010 g/mol. The summed E-state index contributed by atoms with van der Waals surface area (Å²) in [5, 5.41) is 7.12. The van der Waals surface area contributed by atoms with E-state index in [0.29, 0.717) is 23.9 Å². The van der Waals surface area contributed by atoms with E-state index in [1.807, 2.05) is 67.3 Å². The third kappa shape index (κ3) is 16.4. The van der Waals surface area contributed by atoms with Gasteiger partial charge >= 0.3 is 0 Å². The Balaban J connectivity index is 0.000000979. The van der Waals surface area contributed by atoms with Gasteiger partial charge in [-0.05, 0) is 98.1 Å². The second-order valence-corrected chi connectivity index (χ2v) is 19.3. The first-order valence-electron chi connectivity index (χ1n) is 18.6. The van der Waals surface area contributed by atoms with Gasteiger partial charge in [-0.15, -0.1) is 0 Å². The molecule has 5 aromatic carbocycles. The Morgan fingerprint density at radius 3 is 1.88 bits per heavy atom. The van der Waals surface area contributed by atoms with E-state index < -0.39 is 15.4 Å². The van der Waals surface area contributed by atoms with Crippen LogP contribution in [0, 0.1) is 63.9 Å². The Labute approximate surface area is 375 Å². The van der Waals surface area contributed by atoms with Crippen molar-refractivity contribution in [3.63, 3.8) is 0 Å². The fraction of sp³-hybridized carbons (Fsp3) is 0.267. The van der Waals surface area contributed by atoms with Gasteiger partial charge in [0.2, 0.25) is 25.3 Å². The minimum Gasteiger partial charge on any atom is -0.444 e. The average Bonchev–Trinajstić information content (AvgIpc) is 3.21. The molecule has 0 saturated heterocycles. The van der Waals surface area contributed by atoms with Crippen molar-refractivity contribution in [3.05, 3.63) is 155 Å². The molecule has 0 aromatic heterocycles. The van der Waals surface area contributed by atoms with E-state index in [-0.39, 0.29) is 42.9 Å². The van der Waals surface area contributed by atoms with Gasteiger partial charge in [0.25, 0.3) is 4.20 Å². The van der Waals surface area contributed by atoms with E-state index in [1.165, 1.54) is 39.2 Å². The number of rotatable bonds is 14. The number of benzene rings is 5. The normalized spacial score (nSPS) is 13.6. The summed E-state index contributed by atoms with van der Waals surface area (Å²) in [6.45, 7) is 15.1. The molecule has 0 saturated carbocycles. The summed E-state index contributed by atoms with van der Waals surface area (Å²) in [4.78, 5) is 0. The summed E-state index contributed by atoms with van der Waals surface area (Å²) in [5.74, 6) is 6.29. The van der Waals surface area contributed by atoms with Crippen LogP contribution in [-0.2, 0) is 17.8 Å². The summed E-state index contributed by atoms with van der Waals surface area (Å²) >= 11 is 6.90. The predicted octanol–water partition coefficient (Wildman–Crippen LogP) is 12.8. The average molecular weight is 1060 g/mol. The topological polar surface area (TPSA) is 79.6 Å². The molecule has 5 rings (SSSR count). The molecule has 5 aromatic rings. The summed E-state index contributed by atoms with van der Waals surface area (Å²) < 4.78 is 28.9. The maximum atomic E-state index is 6.47. The van der Waals surface area contributed by atoms with Crippen LogP contribution in [0.4, 0.5) is 11.4 Å². The molecule has 0 fully saturated rings. The fourth-order valence-corrected chi connectivity index (χ4v) is 9.93. The molecule has 0 heterocycles. The van der Waals surface area contributed by atoms with Crippen molar-refractivity contribution >= 4 is 66.4 Å². The summed E-state index contributed by atoms with van der Waals surface area (Å²) in [5.41, 5.74) is 7.97. The molecule has 2 N–H and O–H groups in total. The minimum atomic E-state index is -2.70. The van der Waals surface area contributed by atoms with Crippen molar-refractivity contribution in [2.24, 2.45) is 19.9 Å². The first kappa shape index (κ1) is 48.0. The zero-order valence-corrected chi connectivity index (χ0v) is 41.9. The van der Waals surface area contributed by atoms with Gasteiger partial charge in [0.1, 0.15) is 11.5 Å². The number of anilines is 2. The Morgan fingerprint density at radius 1 is 0.825 bits per heavy atom. The number of thiocarbonyl (C=S) groups is 1. The van der Waals surface area contributed by atoms with E-state index in [2.05, 4.69) is 129 Å². The zero-order valence-electron chi connectivity index (χ0n) is 34.2. The number of nitrogens with zero attached hydrogens (tertiary/aromatic N) is 3. The molecule has 7 nitrogen and oxygen atoms in total. The van der Waals surface area contributed by atoms with Gasteiger partial charge in [-0.2, -0.15) is 45.2 Å². The monoisotopic (exact) mass is 1060 g/mol. The molecule has 12 heteroatoms. The zero-order chi connectivity index (χ0) is 40.5. The molecule has 3 unspecified atom stereocenters. The molecule has 4 atom stereocenters. The predicted molar refractivity (Wildman–Crippen MR) is 252 cm³/mol. The van der Waals surface area contributed by atoms with Crippen molar-refractivity contribution in [3.8, 4) is 11.5 Å². The summed E-state index contributed by atoms with van der Waals surface area (Å²) in [7, 11) is -3.02. The third-order valence-corrected chi connectivity index (χ3v) is 14.7. The number of aryl methyl sites for hydroxylation is 4. The van der Waals surface area contributed by atoms with Crippen LogP contribution in [0.1, 0.15) is 54.5 Å². The van der Waals surface area contributed by atoms with Crippen LogP contribution in [-0.4, -0.2) is 36.2 Å². The van der Waals surface area contributed by atoms with Crippen molar-refractivity contribution in [1.82, 2.24) is 0 Å². The van der Waals surface area contributed by atoms with E-state index in [1.54, 1.807) is 7.05 Å². The second kappa shape index (κ2) is 24.6. The summed E-state index contributed by atoms with van der Waals surface area (Å²) in [6, 6.07) is 43.6. The van der Waals surface area contributed by atoms with Crippen LogP contribution in [0.15, 0.2) is 135 Å². The number of nitrogens with one attached hydrogen (secondary N) is 2. The molecule has 0 aliphatic heterocycles. The first-order chi connectivity index (χ1) is 26.9. The van der Waals surface area contributed by atoms with Gasteiger partial charge in [-0.3, -0.25) is 4.74 Å². The third-order valence-electron chi connectivity index (χ3n) is 9.00. The van der Waals surface area contributed by atoms with Crippen LogP contribution in [0.25, 0.3) is 0 Å². The molecule has 0 aliphatic rings. The Kier molecular flexibility index (Phi) is 20.7. The summed E-state index contributed by atoms with van der Waals surface area (Å²) in [6.07, 6.45) is 0.954. The van der Waals surface area contributed by atoms with Gasteiger partial charge in [0.05, 0.1) is 12.5 Å². The van der Waals surface area contributed by atoms with E-state index in [4.69, 9.17) is 30.8 Å². The quantitative estimate of drug-likeness (QED) is 0.0289. The molecule has 0 amide bonds. The second-order valence-electron chi connectivity index (χ2n) is 13.6. The van der Waals surface area contributed by atoms with Crippen LogP contribution >= 0.6 is 27.7 Å². The van der Waals surface area contributed by atoms with Crippen LogP contribution in [0.3, 0.4) is 0 Å². The fourth-order valence-electron chi connectivity index (χ4n) is 5.35. The van der Waals surface area contributed by atoms with Crippen molar-refractivity contribution in [2.45, 2.75) is 53.9 Å². The standard InChI is InChI=1S/C38H48N5O2P2S2.C7H7.U/c1-9-31-14-22-35(23-15-31)44-37(26-40-33-18-10-27(2)11-19-33)42-47(7,41-34-20-12-28(3)13-21-34)43-46(39-6)45-36-24-16-32(17-25-36)29(4)30(5)38(48)49-8;1-7-5-3-2-4-6-7;/h10-25,29-30,40-41,46H,8-9,26H2,1-7H3;3-6H,1H3;/q+1;-1;/t29-,30?,47?;;/m1../s1. The molecule has 0 spiro atoms. The van der Waals surface area contributed by atoms with Crippen LogP contribution in [0.2, 0.25) is 0 Å². The van der Waals surface area contributed by atoms with Crippen molar-refractivity contribution in [2.75, 3.05) is 30.7 Å². The van der Waals surface area contributed by atoms with Gasteiger partial charge < -0.3 is 19.7 Å². The Bertz CT molecular complexity index is 2130. The molecule has 298 valence electrons. The smallest absolute Gasteiger partial charge is 0.273 e. The Hall–Kier alpha value is -3.34. The van der Waals surface area contributed by atoms with E-state index in [0.717, 1.165) is 22.0 Å². The van der Waals surface area contributed by atoms with Gasteiger partial charge in [0, 0.05) is 56.2 Å².